The Balaban J connectivity index is 2.12. The molecule has 0 N–H and O–H groups in total. The van der Waals surface area contributed by atoms with Crippen molar-refractivity contribution in [2.24, 2.45) is 0 Å². The van der Waals surface area contributed by atoms with Crippen molar-refractivity contribution in [1.82, 2.24) is 4.90 Å². The Kier molecular flexibility index (Phi) is 4.31. The van der Waals surface area contributed by atoms with E-state index in [0.29, 0.717) is 6.54 Å². The molecule has 0 spiro atoms. The Morgan fingerprint density at radius 1 is 1.26 bits per heavy atom. The van der Waals surface area contributed by atoms with Crippen LogP contribution in [0.15, 0.2) is 34.1 Å². The average molecular weight is 346 g/mol. The van der Waals surface area contributed by atoms with Crippen LogP contribution in [-0.4, -0.2) is 17.9 Å². The average Bonchev–Trinajstić information content (AvgIpc) is 2.77. The topological polar surface area (TPSA) is 20.3 Å². The Hall–Kier alpha value is -1.27. The number of benzene rings is 1. The fourth-order valence-corrected chi connectivity index (χ4v) is 3.13. The fraction of sp³-hybridized carbons (Fsp3) is 0.154. The van der Waals surface area contributed by atoms with Gasteiger partial charge >= 0.3 is 0 Å². The largest absolute Gasteiger partial charge is 0.337 e. The van der Waals surface area contributed by atoms with Crippen LogP contribution in [0.1, 0.15) is 15.2 Å². The molecule has 1 heterocycles. The maximum atomic E-state index is 13.1. The first-order valence-electron chi connectivity index (χ1n) is 5.42. The number of carbonyl (C=O) groups is 1. The van der Waals surface area contributed by atoms with E-state index in [-0.39, 0.29) is 11.5 Å². The zero-order valence-corrected chi connectivity index (χ0v) is 12.4. The van der Waals surface area contributed by atoms with Gasteiger partial charge in [-0.2, -0.15) is 0 Å². The number of amides is 1. The molecule has 0 aliphatic carbocycles. The van der Waals surface area contributed by atoms with Gasteiger partial charge in [-0.05, 0) is 46.3 Å². The monoisotopic (exact) mass is 345 g/mol. The van der Waals surface area contributed by atoms with Gasteiger partial charge < -0.3 is 4.90 Å². The molecule has 0 saturated carbocycles. The first-order valence-corrected chi connectivity index (χ1v) is 7.03. The summed E-state index contributed by atoms with van der Waals surface area (Å²) in [7, 11) is 1.62. The van der Waals surface area contributed by atoms with Crippen LogP contribution in [0.5, 0.6) is 0 Å². The lowest BCUT2D eigenvalue weighted by molar-refractivity contribution is 0.0786. The lowest BCUT2D eigenvalue weighted by atomic mass is 10.2. The molecule has 1 aromatic carbocycles. The van der Waals surface area contributed by atoms with E-state index >= 15 is 0 Å². The second kappa shape index (κ2) is 5.79. The molecule has 0 fully saturated rings. The Morgan fingerprint density at radius 3 is 2.58 bits per heavy atom. The lowest BCUT2D eigenvalue weighted by Crippen LogP contribution is -2.25. The van der Waals surface area contributed by atoms with Crippen LogP contribution in [0.25, 0.3) is 0 Å². The molecule has 0 atom stereocenters. The highest BCUT2D eigenvalue weighted by atomic mass is 79.9. The summed E-state index contributed by atoms with van der Waals surface area (Å²) in [6.45, 7) is 0.425. The van der Waals surface area contributed by atoms with E-state index in [9.17, 15) is 13.6 Å². The van der Waals surface area contributed by atoms with Crippen molar-refractivity contribution >= 4 is 33.2 Å². The van der Waals surface area contributed by atoms with E-state index in [1.807, 2.05) is 12.1 Å². The summed E-state index contributed by atoms with van der Waals surface area (Å²) in [5.74, 6) is -2.32. The third-order valence-corrected chi connectivity index (χ3v) is 4.14. The van der Waals surface area contributed by atoms with Crippen molar-refractivity contribution in [2.75, 3.05) is 7.05 Å². The van der Waals surface area contributed by atoms with Crippen LogP contribution in [0.3, 0.4) is 0 Å². The number of hydrogen-bond donors (Lipinski definition) is 0. The molecule has 1 aromatic heterocycles. The van der Waals surface area contributed by atoms with Gasteiger partial charge in [0.1, 0.15) is 0 Å². The summed E-state index contributed by atoms with van der Waals surface area (Å²) in [4.78, 5) is 14.5. The second-order valence-corrected chi connectivity index (χ2v) is 6.54. The molecule has 0 unspecified atom stereocenters. The minimum atomic E-state index is -1.02. The molecule has 0 saturated heterocycles. The predicted molar refractivity (Wildman–Crippen MR) is 74.2 cm³/mol. The zero-order valence-electron chi connectivity index (χ0n) is 9.99. The van der Waals surface area contributed by atoms with E-state index in [4.69, 9.17) is 0 Å². The highest BCUT2D eigenvalue weighted by Gasteiger charge is 2.15. The summed E-state index contributed by atoms with van der Waals surface area (Å²) in [5, 5.41) is 0. The van der Waals surface area contributed by atoms with Gasteiger partial charge in [0, 0.05) is 17.5 Å². The molecule has 0 radical (unpaired) electrons. The molecule has 100 valence electrons. The van der Waals surface area contributed by atoms with Crippen LogP contribution >= 0.6 is 27.3 Å². The fourth-order valence-electron chi connectivity index (χ4n) is 1.59. The number of thiophene rings is 1. The van der Waals surface area contributed by atoms with E-state index < -0.39 is 11.6 Å². The summed E-state index contributed by atoms with van der Waals surface area (Å²) in [6, 6.07) is 6.96. The van der Waals surface area contributed by atoms with Crippen molar-refractivity contribution < 1.29 is 13.6 Å². The molecule has 0 aliphatic heterocycles. The molecule has 2 nitrogen and oxygen atoms in total. The minimum Gasteiger partial charge on any atom is -0.337 e. The Morgan fingerprint density at radius 2 is 2.00 bits per heavy atom. The number of rotatable bonds is 3. The maximum absolute atomic E-state index is 13.1. The normalized spacial score (nSPS) is 10.5. The number of nitrogens with zero attached hydrogens (tertiary/aromatic N) is 1. The van der Waals surface area contributed by atoms with Crippen molar-refractivity contribution in [3.63, 3.8) is 0 Å². The third-order valence-electron chi connectivity index (χ3n) is 2.54. The van der Waals surface area contributed by atoms with Crippen molar-refractivity contribution in [2.45, 2.75) is 6.54 Å². The summed E-state index contributed by atoms with van der Waals surface area (Å²) in [5.41, 5.74) is 0.136. The molecular formula is C13H10BrF2NOS. The lowest BCUT2D eigenvalue weighted by Gasteiger charge is -2.16. The van der Waals surface area contributed by atoms with E-state index in [0.717, 1.165) is 20.8 Å². The van der Waals surface area contributed by atoms with Crippen LogP contribution in [0, 0.1) is 11.6 Å². The van der Waals surface area contributed by atoms with Crippen LogP contribution in [-0.2, 0) is 6.54 Å². The third kappa shape index (κ3) is 3.39. The van der Waals surface area contributed by atoms with Gasteiger partial charge in [-0.25, -0.2) is 8.78 Å². The highest BCUT2D eigenvalue weighted by molar-refractivity contribution is 9.11. The van der Waals surface area contributed by atoms with Gasteiger partial charge in [0.2, 0.25) is 0 Å². The standard InChI is InChI=1S/C13H10BrF2NOS/c1-17(7-9-3-5-12(14)19-9)13(18)8-2-4-10(15)11(16)6-8/h2-6H,7H2,1H3. The SMILES string of the molecule is CN(Cc1ccc(Br)s1)C(=O)c1ccc(F)c(F)c1. The molecule has 0 bridgehead atoms. The number of carbonyl (C=O) groups excluding carboxylic acids is 1. The summed E-state index contributed by atoms with van der Waals surface area (Å²) >= 11 is 4.87. The van der Waals surface area contributed by atoms with Crippen molar-refractivity contribution in [3.8, 4) is 0 Å². The Bertz CT molecular complexity index is 614. The minimum absolute atomic E-state index is 0.136. The van der Waals surface area contributed by atoms with Crippen LogP contribution in [0.4, 0.5) is 8.78 Å². The molecule has 6 heteroatoms. The van der Waals surface area contributed by atoms with E-state index in [2.05, 4.69) is 15.9 Å². The zero-order chi connectivity index (χ0) is 14.0. The maximum Gasteiger partial charge on any atom is 0.254 e. The van der Waals surface area contributed by atoms with Gasteiger partial charge in [0.05, 0.1) is 10.3 Å². The molecule has 0 aliphatic rings. The first kappa shape index (κ1) is 14.1. The van der Waals surface area contributed by atoms with Gasteiger partial charge in [0.25, 0.3) is 5.91 Å². The molecule has 2 rings (SSSR count). The number of halogens is 3. The molecular weight excluding hydrogens is 336 g/mol. The molecule has 19 heavy (non-hydrogen) atoms. The predicted octanol–water partition coefficient (Wildman–Crippen LogP) is 4.06. The first-order chi connectivity index (χ1) is 8.97. The van der Waals surface area contributed by atoms with Crippen molar-refractivity contribution in [3.05, 3.63) is 56.2 Å². The van der Waals surface area contributed by atoms with Crippen LogP contribution in [0.2, 0.25) is 0 Å². The molecule has 2 aromatic rings. The van der Waals surface area contributed by atoms with Crippen molar-refractivity contribution in [1.29, 1.82) is 0 Å². The number of hydrogen-bond acceptors (Lipinski definition) is 2. The van der Waals surface area contributed by atoms with Gasteiger partial charge in [-0.3, -0.25) is 4.79 Å². The highest BCUT2D eigenvalue weighted by Crippen LogP contribution is 2.23. The summed E-state index contributed by atoms with van der Waals surface area (Å²) < 4.78 is 26.9. The van der Waals surface area contributed by atoms with Gasteiger partial charge in [0.15, 0.2) is 11.6 Å². The van der Waals surface area contributed by atoms with Gasteiger partial charge in [-0.1, -0.05) is 0 Å². The summed E-state index contributed by atoms with van der Waals surface area (Å²) in [6.07, 6.45) is 0. The molecule has 1 amide bonds. The van der Waals surface area contributed by atoms with Crippen LogP contribution < -0.4 is 0 Å². The van der Waals surface area contributed by atoms with E-state index in [1.54, 1.807) is 7.05 Å². The van der Waals surface area contributed by atoms with E-state index in [1.165, 1.54) is 22.3 Å². The van der Waals surface area contributed by atoms with Gasteiger partial charge in [-0.15, -0.1) is 11.3 Å². The second-order valence-electron chi connectivity index (χ2n) is 4.00. The Labute approximate surface area is 121 Å². The smallest absolute Gasteiger partial charge is 0.254 e. The quantitative estimate of drug-likeness (QED) is 0.821.